The fourth-order valence-corrected chi connectivity index (χ4v) is 1.30. The van der Waals surface area contributed by atoms with Crippen molar-refractivity contribution in [3.8, 4) is 0 Å². The topological polar surface area (TPSA) is 63.8 Å². The molecule has 0 aliphatic rings. The van der Waals surface area contributed by atoms with Crippen LogP contribution in [-0.2, 0) is 6.54 Å². The lowest BCUT2D eigenvalue weighted by Gasteiger charge is -2.04. The van der Waals surface area contributed by atoms with Crippen LogP contribution in [0.4, 0.5) is 5.95 Å². The van der Waals surface area contributed by atoms with Gasteiger partial charge < -0.3 is 9.84 Å². The molecule has 1 N–H and O–H groups in total. The van der Waals surface area contributed by atoms with E-state index in [4.69, 9.17) is 4.52 Å². The number of nitrogens with zero attached hydrogens (tertiary/aromatic N) is 3. The Balaban J connectivity index is 2.05. The van der Waals surface area contributed by atoms with Crippen molar-refractivity contribution in [1.29, 1.82) is 0 Å². The normalized spacial score (nSPS) is 10.3. The Hall–Kier alpha value is -1.91. The Bertz CT molecular complexity index is 418. The van der Waals surface area contributed by atoms with E-state index in [0.29, 0.717) is 12.5 Å². The molecule has 0 amide bonds. The van der Waals surface area contributed by atoms with Gasteiger partial charge in [-0.2, -0.15) is 0 Å². The molecular weight excluding hydrogens is 192 g/mol. The fourth-order valence-electron chi connectivity index (χ4n) is 1.30. The average Bonchev–Trinajstić information content (AvgIpc) is 2.65. The Labute approximate surface area is 87.5 Å². The van der Waals surface area contributed by atoms with Gasteiger partial charge in [-0.15, -0.1) is 0 Å². The van der Waals surface area contributed by atoms with Gasteiger partial charge in [0.25, 0.3) is 0 Å². The zero-order valence-corrected chi connectivity index (χ0v) is 8.69. The van der Waals surface area contributed by atoms with Crippen LogP contribution in [-0.4, -0.2) is 15.1 Å². The molecular formula is C10H12N4O. The van der Waals surface area contributed by atoms with Crippen LogP contribution in [0.15, 0.2) is 22.9 Å². The predicted molar refractivity (Wildman–Crippen MR) is 55.3 cm³/mol. The summed E-state index contributed by atoms with van der Waals surface area (Å²) in [7, 11) is 0. The summed E-state index contributed by atoms with van der Waals surface area (Å²) in [6, 6.07) is 3.73. The monoisotopic (exact) mass is 204 g/mol. The summed E-state index contributed by atoms with van der Waals surface area (Å²) in [5.41, 5.74) is 2.73. The van der Waals surface area contributed by atoms with Gasteiger partial charge in [0.15, 0.2) is 0 Å². The summed E-state index contributed by atoms with van der Waals surface area (Å²) in [6.45, 7) is 4.45. The minimum Gasteiger partial charge on any atom is -0.364 e. The lowest BCUT2D eigenvalue weighted by Crippen LogP contribution is -2.05. The minimum absolute atomic E-state index is 0.569. The lowest BCUT2D eigenvalue weighted by molar-refractivity contribution is 0.412. The second-order valence-corrected chi connectivity index (χ2v) is 3.32. The summed E-state index contributed by atoms with van der Waals surface area (Å²) in [6.07, 6.45) is 1.54. The van der Waals surface area contributed by atoms with E-state index < -0.39 is 0 Å². The van der Waals surface area contributed by atoms with E-state index in [2.05, 4.69) is 20.4 Å². The lowest BCUT2D eigenvalue weighted by atomic mass is 10.3. The Morgan fingerprint density at radius 2 is 2.00 bits per heavy atom. The molecule has 5 heteroatoms. The van der Waals surface area contributed by atoms with Crippen LogP contribution < -0.4 is 5.32 Å². The second kappa shape index (κ2) is 4.08. The van der Waals surface area contributed by atoms with Crippen molar-refractivity contribution >= 4 is 5.95 Å². The SMILES string of the molecule is Cc1cc(C)nc(NCc2ccon2)n1. The first-order valence-corrected chi connectivity index (χ1v) is 4.69. The molecule has 0 spiro atoms. The average molecular weight is 204 g/mol. The number of hydrogen-bond acceptors (Lipinski definition) is 5. The van der Waals surface area contributed by atoms with E-state index in [1.165, 1.54) is 0 Å². The third-order valence-corrected chi connectivity index (χ3v) is 1.90. The van der Waals surface area contributed by atoms with Gasteiger partial charge >= 0.3 is 0 Å². The van der Waals surface area contributed by atoms with Crippen LogP contribution in [0.3, 0.4) is 0 Å². The van der Waals surface area contributed by atoms with Crippen molar-refractivity contribution in [2.45, 2.75) is 20.4 Å². The molecule has 0 atom stereocenters. The molecule has 0 bridgehead atoms. The summed E-state index contributed by atoms with van der Waals surface area (Å²) in [5, 5.41) is 6.87. The van der Waals surface area contributed by atoms with Gasteiger partial charge in [-0.1, -0.05) is 5.16 Å². The maximum atomic E-state index is 4.72. The largest absolute Gasteiger partial charge is 0.364 e. The molecule has 0 radical (unpaired) electrons. The van der Waals surface area contributed by atoms with E-state index in [1.54, 1.807) is 12.3 Å². The molecule has 2 aromatic heterocycles. The summed E-state index contributed by atoms with van der Waals surface area (Å²) < 4.78 is 4.72. The Morgan fingerprint density at radius 1 is 1.27 bits per heavy atom. The van der Waals surface area contributed by atoms with Crippen LogP contribution in [0.25, 0.3) is 0 Å². The molecule has 15 heavy (non-hydrogen) atoms. The van der Waals surface area contributed by atoms with Crippen LogP contribution in [0.1, 0.15) is 17.1 Å². The minimum atomic E-state index is 0.569. The van der Waals surface area contributed by atoms with Crippen molar-refractivity contribution < 1.29 is 4.52 Å². The molecule has 0 fully saturated rings. The quantitative estimate of drug-likeness (QED) is 0.824. The molecule has 2 heterocycles. The van der Waals surface area contributed by atoms with Crippen LogP contribution in [0.5, 0.6) is 0 Å². The molecule has 2 aromatic rings. The number of anilines is 1. The standard InChI is InChI=1S/C10H12N4O/c1-7-5-8(2)13-10(12-7)11-6-9-3-4-15-14-9/h3-5H,6H2,1-2H3,(H,11,12,13). The van der Waals surface area contributed by atoms with Crippen LogP contribution >= 0.6 is 0 Å². The molecule has 2 rings (SSSR count). The Kier molecular flexibility index (Phi) is 2.62. The van der Waals surface area contributed by atoms with Gasteiger partial charge in [0.1, 0.15) is 12.0 Å². The molecule has 0 saturated carbocycles. The van der Waals surface area contributed by atoms with Crippen LogP contribution in [0.2, 0.25) is 0 Å². The van der Waals surface area contributed by atoms with Gasteiger partial charge in [0.2, 0.25) is 5.95 Å². The highest BCUT2D eigenvalue weighted by atomic mass is 16.5. The zero-order chi connectivity index (χ0) is 10.7. The summed E-state index contributed by atoms with van der Waals surface area (Å²) in [4.78, 5) is 8.51. The summed E-state index contributed by atoms with van der Waals surface area (Å²) in [5.74, 6) is 0.621. The summed E-state index contributed by atoms with van der Waals surface area (Å²) >= 11 is 0. The van der Waals surface area contributed by atoms with Crippen LogP contribution in [0, 0.1) is 13.8 Å². The fraction of sp³-hybridized carbons (Fsp3) is 0.300. The van der Waals surface area contributed by atoms with Crippen molar-refractivity contribution in [2.24, 2.45) is 0 Å². The van der Waals surface area contributed by atoms with E-state index >= 15 is 0 Å². The molecule has 5 nitrogen and oxygen atoms in total. The number of aromatic nitrogens is 3. The number of aryl methyl sites for hydroxylation is 2. The highest BCUT2D eigenvalue weighted by Gasteiger charge is 2.00. The molecule has 0 unspecified atom stereocenters. The maximum absolute atomic E-state index is 4.72. The number of rotatable bonds is 3. The molecule has 0 aliphatic carbocycles. The van der Waals surface area contributed by atoms with E-state index in [0.717, 1.165) is 17.1 Å². The zero-order valence-electron chi connectivity index (χ0n) is 8.69. The number of hydrogen-bond donors (Lipinski definition) is 1. The van der Waals surface area contributed by atoms with Crippen molar-refractivity contribution in [3.63, 3.8) is 0 Å². The maximum Gasteiger partial charge on any atom is 0.223 e. The molecule has 78 valence electrons. The van der Waals surface area contributed by atoms with Gasteiger partial charge in [-0.25, -0.2) is 9.97 Å². The first-order chi connectivity index (χ1) is 7.24. The predicted octanol–water partition coefficient (Wildman–Crippen LogP) is 1.69. The van der Waals surface area contributed by atoms with E-state index in [-0.39, 0.29) is 0 Å². The second-order valence-electron chi connectivity index (χ2n) is 3.32. The third-order valence-electron chi connectivity index (χ3n) is 1.90. The Morgan fingerprint density at radius 3 is 2.60 bits per heavy atom. The third kappa shape index (κ3) is 2.52. The highest BCUT2D eigenvalue weighted by molar-refractivity contribution is 5.28. The van der Waals surface area contributed by atoms with E-state index in [9.17, 15) is 0 Å². The molecule has 0 aliphatic heterocycles. The van der Waals surface area contributed by atoms with Crippen molar-refractivity contribution in [2.75, 3.05) is 5.32 Å². The molecule has 0 aromatic carbocycles. The first kappa shape index (κ1) is 9.64. The number of nitrogens with one attached hydrogen (secondary N) is 1. The van der Waals surface area contributed by atoms with E-state index in [1.807, 2.05) is 19.9 Å². The highest BCUT2D eigenvalue weighted by Crippen LogP contribution is 2.05. The van der Waals surface area contributed by atoms with Crippen molar-refractivity contribution in [1.82, 2.24) is 15.1 Å². The van der Waals surface area contributed by atoms with Gasteiger partial charge in [-0.3, -0.25) is 0 Å². The van der Waals surface area contributed by atoms with Gasteiger partial charge in [0, 0.05) is 17.5 Å². The molecule has 0 saturated heterocycles. The smallest absolute Gasteiger partial charge is 0.223 e. The van der Waals surface area contributed by atoms with Crippen molar-refractivity contribution in [3.05, 3.63) is 35.5 Å². The van der Waals surface area contributed by atoms with Gasteiger partial charge in [-0.05, 0) is 19.9 Å². The first-order valence-electron chi connectivity index (χ1n) is 4.69. The van der Waals surface area contributed by atoms with Gasteiger partial charge in [0.05, 0.1) is 6.54 Å².